The summed E-state index contributed by atoms with van der Waals surface area (Å²) in [7, 11) is 1.95. The predicted molar refractivity (Wildman–Crippen MR) is 63.0 cm³/mol. The van der Waals surface area contributed by atoms with Crippen molar-refractivity contribution in [2.45, 2.75) is 26.3 Å². The monoisotopic (exact) mass is 221 g/mol. The summed E-state index contributed by atoms with van der Waals surface area (Å²) >= 11 is 0. The van der Waals surface area contributed by atoms with Crippen LogP contribution in [0.3, 0.4) is 0 Å². The van der Waals surface area contributed by atoms with Gasteiger partial charge in [0.15, 0.2) is 0 Å². The average molecular weight is 221 g/mol. The molecule has 1 aliphatic heterocycles. The van der Waals surface area contributed by atoms with Gasteiger partial charge in [-0.25, -0.2) is 0 Å². The van der Waals surface area contributed by atoms with Crippen LogP contribution in [0.25, 0.3) is 0 Å². The quantitative estimate of drug-likeness (QED) is 0.841. The number of nitrogens with one attached hydrogen (secondary N) is 1. The predicted octanol–water partition coefficient (Wildman–Crippen LogP) is 1.68. The van der Waals surface area contributed by atoms with Gasteiger partial charge >= 0.3 is 0 Å². The van der Waals surface area contributed by atoms with Crippen molar-refractivity contribution in [3.05, 3.63) is 29.3 Å². The normalized spacial score (nSPS) is 17.1. The topological polar surface area (TPSA) is 39.1 Å². The number of rotatable bonds is 4. The van der Waals surface area contributed by atoms with E-state index in [9.17, 15) is 0 Å². The number of likely N-dealkylation sites (N-methyl/N-ethyl adjacent to an activating group) is 1. The Kier molecular flexibility index (Phi) is 3.29. The van der Waals surface area contributed by atoms with Crippen molar-refractivity contribution in [3.8, 4) is 0 Å². The van der Waals surface area contributed by atoms with Crippen molar-refractivity contribution >= 4 is 0 Å². The van der Waals surface area contributed by atoms with Crippen LogP contribution in [-0.2, 0) is 11.8 Å². The maximum Gasteiger partial charge on any atom is 0.114 e. The molecule has 4 heteroatoms. The second kappa shape index (κ2) is 4.70. The van der Waals surface area contributed by atoms with Crippen LogP contribution >= 0.6 is 0 Å². The molecule has 4 nitrogen and oxygen atoms in total. The van der Waals surface area contributed by atoms with Crippen molar-refractivity contribution in [2.75, 3.05) is 13.2 Å². The van der Waals surface area contributed by atoms with Crippen LogP contribution in [0.2, 0.25) is 0 Å². The minimum atomic E-state index is 0.154. The first-order valence-corrected chi connectivity index (χ1v) is 5.78. The standard InChI is InChI=1S/C12H19N3O/c1-4-13-12(11-6-5-7-16-11)10-8-15(3)14-9(10)2/h6,8,12-13H,4-5,7H2,1-3H3. The molecule has 1 unspecified atom stereocenters. The smallest absolute Gasteiger partial charge is 0.114 e. The van der Waals surface area contributed by atoms with E-state index < -0.39 is 0 Å². The first kappa shape index (κ1) is 11.2. The van der Waals surface area contributed by atoms with Gasteiger partial charge in [-0.3, -0.25) is 4.68 Å². The molecule has 1 aliphatic rings. The molecule has 0 fully saturated rings. The van der Waals surface area contributed by atoms with E-state index in [1.54, 1.807) is 0 Å². The molecule has 88 valence electrons. The van der Waals surface area contributed by atoms with Gasteiger partial charge in [-0.15, -0.1) is 0 Å². The van der Waals surface area contributed by atoms with Gasteiger partial charge < -0.3 is 10.1 Å². The van der Waals surface area contributed by atoms with E-state index in [2.05, 4.69) is 29.6 Å². The SMILES string of the molecule is CCNC(C1=CCCO1)c1cn(C)nc1C. The van der Waals surface area contributed by atoms with E-state index in [-0.39, 0.29) is 6.04 Å². The minimum Gasteiger partial charge on any atom is -0.496 e. The van der Waals surface area contributed by atoms with Gasteiger partial charge in [-0.2, -0.15) is 5.10 Å². The van der Waals surface area contributed by atoms with Crippen LogP contribution in [0.1, 0.15) is 30.6 Å². The number of aromatic nitrogens is 2. The molecule has 0 bridgehead atoms. The molecule has 1 N–H and O–H groups in total. The molecule has 0 radical (unpaired) electrons. The fourth-order valence-electron chi connectivity index (χ4n) is 2.11. The van der Waals surface area contributed by atoms with Crippen LogP contribution in [-0.4, -0.2) is 22.9 Å². The summed E-state index contributed by atoms with van der Waals surface area (Å²) in [5, 5.41) is 7.83. The van der Waals surface area contributed by atoms with Gasteiger partial charge in [-0.1, -0.05) is 6.92 Å². The third-order valence-corrected chi connectivity index (χ3v) is 2.79. The Morgan fingerprint density at radius 2 is 2.44 bits per heavy atom. The van der Waals surface area contributed by atoms with Crippen LogP contribution in [0.5, 0.6) is 0 Å². The van der Waals surface area contributed by atoms with Gasteiger partial charge in [0.2, 0.25) is 0 Å². The fraction of sp³-hybridized carbons (Fsp3) is 0.583. The highest BCUT2D eigenvalue weighted by atomic mass is 16.5. The average Bonchev–Trinajstić information content (AvgIpc) is 2.85. The summed E-state index contributed by atoms with van der Waals surface area (Å²) in [6.07, 6.45) is 5.24. The fourth-order valence-corrected chi connectivity index (χ4v) is 2.11. The zero-order valence-electron chi connectivity index (χ0n) is 10.2. The highest BCUT2D eigenvalue weighted by molar-refractivity contribution is 5.28. The molecule has 0 aliphatic carbocycles. The highest BCUT2D eigenvalue weighted by Gasteiger charge is 2.23. The summed E-state index contributed by atoms with van der Waals surface area (Å²) in [4.78, 5) is 0. The van der Waals surface area contributed by atoms with Crippen molar-refractivity contribution < 1.29 is 4.74 Å². The van der Waals surface area contributed by atoms with Gasteiger partial charge in [-0.05, 0) is 19.5 Å². The van der Waals surface area contributed by atoms with E-state index >= 15 is 0 Å². The molecular formula is C12H19N3O. The molecule has 2 heterocycles. The van der Waals surface area contributed by atoms with Gasteiger partial charge in [0.1, 0.15) is 5.76 Å². The third kappa shape index (κ3) is 2.11. The molecule has 1 aromatic rings. The van der Waals surface area contributed by atoms with Gasteiger partial charge in [0.05, 0.1) is 18.3 Å². The Morgan fingerprint density at radius 1 is 1.62 bits per heavy atom. The lowest BCUT2D eigenvalue weighted by Crippen LogP contribution is -2.23. The number of hydrogen-bond acceptors (Lipinski definition) is 3. The summed E-state index contributed by atoms with van der Waals surface area (Å²) in [6.45, 7) is 5.86. The van der Waals surface area contributed by atoms with Crippen LogP contribution in [0.4, 0.5) is 0 Å². The maximum absolute atomic E-state index is 5.65. The minimum absolute atomic E-state index is 0.154. The van der Waals surface area contributed by atoms with Crippen molar-refractivity contribution in [2.24, 2.45) is 7.05 Å². The van der Waals surface area contributed by atoms with Gasteiger partial charge in [0.25, 0.3) is 0 Å². The first-order chi connectivity index (χ1) is 7.72. The Bertz CT molecular complexity index is 395. The first-order valence-electron chi connectivity index (χ1n) is 5.78. The third-order valence-electron chi connectivity index (χ3n) is 2.79. The zero-order valence-corrected chi connectivity index (χ0v) is 10.2. The second-order valence-corrected chi connectivity index (χ2v) is 4.08. The van der Waals surface area contributed by atoms with Crippen LogP contribution < -0.4 is 5.32 Å². The van der Waals surface area contributed by atoms with Crippen LogP contribution in [0.15, 0.2) is 18.0 Å². The van der Waals surface area contributed by atoms with E-state index in [0.29, 0.717) is 0 Å². The molecule has 0 saturated heterocycles. The summed E-state index contributed by atoms with van der Waals surface area (Å²) in [6, 6.07) is 0.154. The molecular weight excluding hydrogens is 202 g/mol. The number of hydrogen-bond donors (Lipinski definition) is 1. The van der Waals surface area contributed by atoms with Crippen molar-refractivity contribution in [1.29, 1.82) is 0 Å². The Balaban J connectivity index is 2.28. The summed E-state index contributed by atoms with van der Waals surface area (Å²) < 4.78 is 7.50. The molecule has 1 aromatic heterocycles. The van der Waals surface area contributed by atoms with Crippen molar-refractivity contribution in [1.82, 2.24) is 15.1 Å². The Hall–Kier alpha value is -1.29. The molecule has 1 atom stereocenters. The molecule has 0 amide bonds. The van der Waals surface area contributed by atoms with E-state index in [1.807, 2.05) is 18.7 Å². The molecule has 0 saturated carbocycles. The molecule has 0 spiro atoms. The second-order valence-electron chi connectivity index (χ2n) is 4.08. The Morgan fingerprint density at radius 3 is 2.94 bits per heavy atom. The lowest BCUT2D eigenvalue weighted by atomic mass is 10.1. The summed E-state index contributed by atoms with van der Waals surface area (Å²) in [5.41, 5.74) is 2.27. The summed E-state index contributed by atoms with van der Waals surface area (Å²) in [5.74, 6) is 1.04. The lowest BCUT2D eigenvalue weighted by Gasteiger charge is -2.18. The van der Waals surface area contributed by atoms with E-state index in [1.165, 1.54) is 5.56 Å². The van der Waals surface area contributed by atoms with E-state index in [4.69, 9.17) is 4.74 Å². The van der Waals surface area contributed by atoms with Gasteiger partial charge in [0, 0.05) is 25.2 Å². The van der Waals surface area contributed by atoms with Crippen LogP contribution in [0, 0.1) is 6.92 Å². The maximum atomic E-state index is 5.65. The molecule has 2 rings (SSSR count). The largest absolute Gasteiger partial charge is 0.496 e. The number of nitrogens with zero attached hydrogens (tertiary/aromatic N) is 2. The van der Waals surface area contributed by atoms with Crippen molar-refractivity contribution in [3.63, 3.8) is 0 Å². The highest BCUT2D eigenvalue weighted by Crippen LogP contribution is 2.27. The zero-order chi connectivity index (χ0) is 11.5. The molecule has 0 aromatic carbocycles. The number of aryl methyl sites for hydroxylation is 2. The number of ether oxygens (including phenoxy) is 1. The lowest BCUT2D eigenvalue weighted by molar-refractivity contribution is 0.216. The molecule has 16 heavy (non-hydrogen) atoms. The van der Waals surface area contributed by atoms with E-state index in [0.717, 1.165) is 31.0 Å². The Labute approximate surface area is 96.3 Å².